The van der Waals surface area contributed by atoms with Crippen molar-refractivity contribution >= 4 is 59.7 Å². The average Bonchev–Trinajstić information content (AvgIpc) is 3.15. The van der Waals surface area contributed by atoms with E-state index in [0.29, 0.717) is 21.0 Å². The predicted molar refractivity (Wildman–Crippen MR) is 220 cm³/mol. The first-order chi connectivity index (χ1) is 23.3. The highest BCUT2D eigenvalue weighted by atomic mass is 32.2. The van der Waals surface area contributed by atoms with Crippen LogP contribution in [-0.4, -0.2) is 23.0 Å². The summed E-state index contributed by atoms with van der Waals surface area (Å²) in [6.07, 6.45) is 3.48. The van der Waals surface area contributed by atoms with Gasteiger partial charge >= 0.3 is 0 Å². The summed E-state index contributed by atoms with van der Waals surface area (Å²) < 4.78 is 0. The number of hydrogen-bond donors (Lipinski definition) is 1. The van der Waals surface area contributed by atoms with Gasteiger partial charge in [-0.2, -0.15) is 47.9 Å². The largest absolute Gasteiger partial charge is 0.179 e. The standard InChI is InChI=1S/C42H46S5/c43-29-16-27-39(35-19-8-2-9-20-35)45-30-28-40(36-21-10-3-11-22-36)46-33-42(38-25-14-5-15-26-38)47-41(37-23-12-4-13-24-37)32-44-31-34-17-6-1-7-18-34/h1-15,17-26,39-43H,16,27-33H2. The lowest BCUT2D eigenvalue weighted by Gasteiger charge is -2.26. The Morgan fingerprint density at radius 2 is 0.872 bits per heavy atom. The van der Waals surface area contributed by atoms with Gasteiger partial charge in [0.1, 0.15) is 0 Å². The molecule has 0 N–H and O–H groups in total. The highest BCUT2D eigenvalue weighted by molar-refractivity contribution is 8.04. The zero-order valence-corrected chi connectivity index (χ0v) is 31.1. The van der Waals surface area contributed by atoms with E-state index in [-0.39, 0.29) is 0 Å². The molecule has 4 atom stereocenters. The number of rotatable bonds is 20. The molecule has 0 aliphatic carbocycles. The SMILES string of the molecule is SCCCC(SCCC(SCC(SC(CSCc1ccccc1)c1ccccc1)c1ccccc1)c1ccccc1)c1ccccc1. The molecule has 0 saturated carbocycles. The van der Waals surface area contributed by atoms with Crippen molar-refractivity contribution in [3.63, 3.8) is 0 Å². The fourth-order valence-corrected chi connectivity index (χ4v) is 11.7. The maximum absolute atomic E-state index is 4.52. The van der Waals surface area contributed by atoms with Crippen molar-refractivity contribution in [2.75, 3.05) is 23.0 Å². The van der Waals surface area contributed by atoms with Gasteiger partial charge in [0.15, 0.2) is 0 Å². The van der Waals surface area contributed by atoms with E-state index < -0.39 is 0 Å². The van der Waals surface area contributed by atoms with Crippen LogP contribution in [0, 0.1) is 0 Å². The maximum Gasteiger partial charge on any atom is 0.0394 e. The van der Waals surface area contributed by atoms with Crippen molar-refractivity contribution in [1.82, 2.24) is 0 Å². The fraction of sp³-hybridized carbons (Fsp3) is 0.286. The monoisotopic (exact) mass is 710 g/mol. The quantitative estimate of drug-likeness (QED) is 0.0798. The van der Waals surface area contributed by atoms with E-state index in [1.54, 1.807) is 0 Å². The Hall–Kier alpha value is -2.15. The van der Waals surface area contributed by atoms with Crippen molar-refractivity contribution in [1.29, 1.82) is 0 Å². The summed E-state index contributed by atoms with van der Waals surface area (Å²) >= 11 is 13.0. The van der Waals surface area contributed by atoms with Crippen LogP contribution in [0.15, 0.2) is 152 Å². The van der Waals surface area contributed by atoms with Crippen LogP contribution in [0.2, 0.25) is 0 Å². The van der Waals surface area contributed by atoms with Gasteiger partial charge in [0.25, 0.3) is 0 Å². The van der Waals surface area contributed by atoms with Gasteiger partial charge in [0.05, 0.1) is 0 Å². The highest BCUT2D eigenvalue weighted by Gasteiger charge is 2.23. The summed E-state index contributed by atoms with van der Waals surface area (Å²) in [4.78, 5) is 0. The van der Waals surface area contributed by atoms with E-state index in [0.717, 1.165) is 41.6 Å². The molecule has 244 valence electrons. The molecule has 0 amide bonds. The molecule has 4 unspecified atom stereocenters. The third-order valence-electron chi connectivity index (χ3n) is 8.17. The second kappa shape index (κ2) is 21.0. The summed E-state index contributed by atoms with van der Waals surface area (Å²) in [5, 5.41) is 1.80. The van der Waals surface area contributed by atoms with E-state index in [1.165, 1.54) is 34.2 Å². The molecule has 0 radical (unpaired) electrons. The molecule has 47 heavy (non-hydrogen) atoms. The molecular formula is C42H46S5. The predicted octanol–water partition coefficient (Wildman–Crippen LogP) is 13.2. The second-order valence-electron chi connectivity index (χ2n) is 11.6. The van der Waals surface area contributed by atoms with Gasteiger partial charge in [0, 0.05) is 38.3 Å². The number of thioether (sulfide) groups is 4. The van der Waals surface area contributed by atoms with E-state index in [1.807, 2.05) is 11.8 Å². The first-order valence-electron chi connectivity index (χ1n) is 16.6. The summed E-state index contributed by atoms with van der Waals surface area (Å²) in [7, 11) is 0. The molecule has 0 aliphatic rings. The molecule has 0 aliphatic heterocycles. The Kier molecular flexibility index (Phi) is 16.2. The van der Waals surface area contributed by atoms with Crippen LogP contribution >= 0.6 is 59.7 Å². The zero-order chi connectivity index (χ0) is 32.4. The van der Waals surface area contributed by atoms with E-state index in [9.17, 15) is 0 Å². The molecule has 0 nitrogen and oxygen atoms in total. The lowest BCUT2D eigenvalue weighted by molar-refractivity contribution is 0.783. The topological polar surface area (TPSA) is 0 Å². The van der Waals surface area contributed by atoms with Crippen LogP contribution in [0.25, 0.3) is 0 Å². The van der Waals surface area contributed by atoms with Crippen LogP contribution in [0.4, 0.5) is 0 Å². The maximum atomic E-state index is 4.52. The molecule has 0 spiro atoms. The van der Waals surface area contributed by atoms with Gasteiger partial charge in [0.2, 0.25) is 0 Å². The van der Waals surface area contributed by atoms with Crippen molar-refractivity contribution in [3.05, 3.63) is 179 Å². The van der Waals surface area contributed by atoms with Crippen LogP contribution in [0.1, 0.15) is 68.1 Å². The molecule has 0 saturated heterocycles. The molecular weight excluding hydrogens is 665 g/mol. The van der Waals surface area contributed by atoms with E-state index >= 15 is 0 Å². The molecule has 5 heteroatoms. The molecule has 0 aromatic heterocycles. The lowest BCUT2D eigenvalue weighted by atomic mass is 10.1. The van der Waals surface area contributed by atoms with Gasteiger partial charge in [-0.05, 0) is 58.6 Å². The third-order valence-corrected chi connectivity index (χ3v) is 14.4. The fourth-order valence-electron chi connectivity index (χ4n) is 5.65. The Morgan fingerprint density at radius 1 is 0.447 bits per heavy atom. The van der Waals surface area contributed by atoms with Gasteiger partial charge in [-0.15, -0.1) is 11.8 Å². The first kappa shape index (κ1) is 36.1. The van der Waals surface area contributed by atoms with Crippen LogP contribution < -0.4 is 0 Å². The Morgan fingerprint density at radius 3 is 1.36 bits per heavy atom. The molecule has 5 aromatic carbocycles. The molecule has 0 fully saturated rings. The number of thiol groups is 1. The van der Waals surface area contributed by atoms with Gasteiger partial charge in [-0.25, -0.2) is 0 Å². The Bertz CT molecular complexity index is 1500. The minimum atomic E-state index is 0.398. The van der Waals surface area contributed by atoms with Crippen molar-refractivity contribution in [2.45, 2.75) is 46.0 Å². The molecule has 5 rings (SSSR count). The lowest BCUT2D eigenvalue weighted by Crippen LogP contribution is -2.07. The number of hydrogen-bond acceptors (Lipinski definition) is 5. The first-order valence-corrected chi connectivity index (χ1v) is 21.4. The third kappa shape index (κ3) is 12.4. The summed E-state index contributed by atoms with van der Waals surface area (Å²) in [5.74, 6) is 5.29. The van der Waals surface area contributed by atoms with Gasteiger partial charge < -0.3 is 0 Å². The van der Waals surface area contributed by atoms with Crippen LogP contribution in [0.5, 0.6) is 0 Å². The van der Waals surface area contributed by atoms with Crippen molar-refractivity contribution in [2.24, 2.45) is 0 Å². The Labute approximate surface area is 306 Å². The van der Waals surface area contributed by atoms with Gasteiger partial charge in [-0.3, -0.25) is 0 Å². The second-order valence-corrected chi connectivity index (χ2v) is 17.0. The van der Waals surface area contributed by atoms with Crippen LogP contribution in [0.3, 0.4) is 0 Å². The molecule has 0 heterocycles. The average molecular weight is 711 g/mol. The smallest absolute Gasteiger partial charge is 0.0394 e. The normalized spacial score (nSPS) is 13.9. The summed E-state index contributed by atoms with van der Waals surface area (Å²) in [5.41, 5.74) is 7.14. The minimum absolute atomic E-state index is 0.398. The van der Waals surface area contributed by atoms with Crippen molar-refractivity contribution in [3.8, 4) is 0 Å². The van der Waals surface area contributed by atoms with Crippen molar-refractivity contribution < 1.29 is 0 Å². The minimum Gasteiger partial charge on any atom is -0.179 e. The van der Waals surface area contributed by atoms with E-state index in [2.05, 4.69) is 200 Å². The van der Waals surface area contributed by atoms with Gasteiger partial charge in [-0.1, -0.05) is 152 Å². The Balaban J connectivity index is 1.29. The number of benzene rings is 5. The molecule has 0 bridgehead atoms. The highest BCUT2D eigenvalue weighted by Crippen LogP contribution is 2.47. The molecule has 5 aromatic rings. The van der Waals surface area contributed by atoms with Crippen LogP contribution in [-0.2, 0) is 5.75 Å². The van der Waals surface area contributed by atoms with E-state index in [4.69, 9.17) is 0 Å². The summed E-state index contributed by atoms with van der Waals surface area (Å²) in [6, 6.07) is 55.5. The summed E-state index contributed by atoms with van der Waals surface area (Å²) in [6.45, 7) is 0. The zero-order valence-electron chi connectivity index (χ0n) is 27.0.